The molecule has 1 saturated carbocycles. The van der Waals surface area contributed by atoms with Crippen LogP contribution in [0.2, 0.25) is 0 Å². The maximum absolute atomic E-state index is 11.8. The van der Waals surface area contributed by atoms with Crippen LogP contribution >= 0.6 is 0 Å². The average Bonchev–Trinajstić information content (AvgIpc) is 2.91. The molecule has 1 aliphatic rings. The first-order chi connectivity index (χ1) is 9.98. The van der Waals surface area contributed by atoms with Gasteiger partial charge in [0.2, 0.25) is 0 Å². The summed E-state index contributed by atoms with van der Waals surface area (Å²) < 4.78 is 11.3. The Balaban J connectivity index is 1.74. The Kier molecular flexibility index (Phi) is 5.39. The molecule has 4 nitrogen and oxygen atoms in total. The third-order valence-corrected chi connectivity index (χ3v) is 5.13. The van der Waals surface area contributed by atoms with Crippen LogP contribution in [-0.2, 0) is 17.3 Å². The summed E-state index contributed by atoms with van der Waals surface area (Å²) in [6.45, 7) is 3.47. The van der Waals surface area contributed by atoms with Gasteiger partial charge in [-0.15, -0.1) is 0 Å². The Morgan fingerprint density at radius 2 is 1.81 bits per heavy atom. The van der Waals surface area contributed by atoms with Crippen molar-refractivity contribution in [1.82, 2.24) is 10.6 Å². The number of urea groups is 1. The molecule has 1 aliphatic carbocycles. The standard InChI is InChI=1S/C16H24N2O2S/c1-16(9-3-4-10-16)12-18-15(19)17-11-13-5-7-14(8-6-13)21(2)20/h5-8H,3-4,9-12H2,1-2H3,(H2,17,18,19)/t21-/m0/s1. The van der Waals surface area contributed by atoms with Crippen LogP contribution in [0.5, 0.6) is 0 Å². The molecule has 0 aromatic heterocycles. The van der Waals surface area contributed by atoms with Gasteiger partial charge in [-0.2, -0.15) is 0 Å². The Labute approximate surface area is 129 Å². The molecular weight excluding hydrogens is 284 g/mol. The second-order valence-corrected chi connectivity index (χ2v) is 7.53. The number of amides is 2. The van der Waals surface area contributed by atoms with Crippen LogP contribution in [0.15, 0.2) is 29.2 Å². The van der Waals surface area contributed by atoms with Gasteiger partial charge in [0, 0.05) is 35.0 Å². The van der Waals surface area contributed by atoms with Gasteiger partial charge in [-0.1, -0.05) is 31.9 Å². The number of hydrogen-bond donors (Lipinski definition) is 2. The fraction of sp³-hybridized carbons (Fsp3) is 0.562. The highest BCUT2D eigenvalue weighted by atomic mass is 32.2. The molecule has 2 rings (SSSR count). The monoisotopic (exact) mass is 308 g/mol. The largest absolute Gasteiger partial charge is 0.338 e. The van der Waals surface area contributed by atoms with E-state index in [1.165, 1.54) is 25.7 Å². The van der Waals surface area contributed by atoms with Gasteiger partial charge in [-0.25, -0.2) is 4.79 Å². The van der Waals surface area contributed by atoms with E-state index in [1.54, 1.807) is 6.26 Å². The van der Waals surface area contributed by atoms with E-state index >= 15 is 0 Å². The van der Waals surface area contributed by atoms with Crippen molar-refractivity contribution in [1.29, 1.82) is 0 Å². The summed E-state index contributed by atoms with van der Waals surface area (Å²) in [5.74, 6) is 0. The minimum Gasteiger partial charge on any atom is -0.338 e. The summed E-state index contributed by atoms with van der Waals surface area (Å²) in [6.07, 6.45) is 6.59. The summed E-state index contributed by atoms with van der Waals surface area (Å²) in [5, 5.41) is 5.83. The van der Waals surface area contributed by atoms with E-state index in [1.807, 2.05) is 24.3 Å². The zero-order valence-corrected chi connectivity index (χ0v) is 13.6. The smallest absolute Gasteiger partial charge is 0.315 e. The van der Waals surface area contributed by atoms with Crippen LogP contribution in [0, 0.1) is 5.41 Å². The van der Waals surface area contributed by atoms with Crippen molar-refractivity contribution in [3.8, 4) is 0 Å². The number of nitrogens with one attached hydrogen (secondary N) is 2. The van der Waals surface area contributed by atoms with Crippen LogP contribution in [-0.4, -0.2) is 23.0 Å². The summed E-state index contributed by atoms with van der Waals surface area (Å²) in [6, 6.07) is 7.35. The zero-order chi connectivity index (χ0) is 15.3. The fourth-order valence-electron chi connectivity index (χ4n) is 2.74. The lowest BCUT2D eigenvalue weighted by molar-refractivity contribution is 0.231. The third kappa shape index (κ3) is 4.84. The molecule has 0 aliphatic heterocycles. The van der Waals surface area contributed by atoms with Gasteiger partial charge >= 0.3 is 6.03 Å². The molecule has 21 heavy (non-hydrogen) atoms. The average molecular weight is 308 g/mol. The molecule has 0 unspecified atom stereocenters. The number of hydrogen-bond acceptors (Lipinski definition) is 2. The molecule has 0 saturated heterocycles. The number of benzene rings is 1. The first-order valence-electron chi connectivity index (χ1n) is 7.43. The second-order valence-electron chi connectivity index (χ2n) is 6.15. The van der Waals surface area contributed by atoms with Gasteiger partial charge in [-0.05, 0) is 36.0 Å². The molecule has 1 fully saturated rings. The predicted octanol–water partition coefficient (Wildman–Crippen LogP) is 2.80. The minimum absolute atomic E-state index is 0.119. The molecule has 2 N–H and O–H groups in total. The third-order valence-electron chi connectivity index (χ3n) is 4.19. The second kappa shape index (κ2) is 7.07. The molecule has 1 atom stereocenters. The first-order valence-corrected chi connectivity index (χ1v) is 8.98. The van der Waals surface area contributed by atoms with E-state index < -0.39 is 10.8 Å². The van der Waals surface area contributed by atoms with Gasteiger partial charge in [0.1, 0.15) is 0 Å². The Morgan fingerprint density at radius 3 is 2.38 bits per heavy atom. The molecule has 1 aromatic carbocycles. The summed E-state index contributed by atoms with van der Waals surface area (Å²) in [4.78, 5) is 12.6. The zero-order valence-electron chi connectivity index (χ0n) is 12.8. The maximum Gasteiger partial charge on any atom is 0.315 e. The van der Waals surface area contributed by atoms with Crippen LogP contribution < -0.4 is 10.6 Å². The van der Waals surface area contributed by atoms with Gasteiger partial charge in [0.05, 0.1) is 0 Å². The molecule has 2 amide bonds. The van der Waals surface area contributed by atoms with Crippen molar-refractivity contribution in [3.63, 3.8) is 0 Å². The summed E-state index contributed by atoms with van der Waals surface area (Å²) >= 11 is 0. The number of carbonyl (C=O) groups excluding carboxylic acids is 1. The van der Waals surface area contributed by atoms with Gasteiger partial charge in [0.15, 0.2) is 0 Å². The molecule has 1 aromatic rings. The van der Waals surface area contributed by atoms with Crippen LogP contribution in [0.1, 0.15) is 38.2 Å². The highest BCUT2D eigenvalue weighted by Gasteiger charge is 2.28. The lowest BCUT2D eigenvalue weighted by Crippen LogP contribution is -2.40. The van der Waals surface area contributed by atoms with Gasteiger partial charge in [0.25, 0.3) is 0 Å². The molecule has 0 bridgehead atoms. The highest BCUT2D eigenvalue weighted by molar-refractivity contribution is 7.84. The molecule has 5 heteroatoms. The van der Waals surface area contributed by atoms with Gasteiger partial charge in [-0.3, -0.25) is 4.21 Å². The SMILES string of the molecule is C[S@](=O)c1ccc(CNC(=O)NCC2(C)CCCC2)cc1. The lowest BCUT2D eigenvalue weighted by atomic mass is 9.89. The van der Waals surface area contributed by atoms with Crippen LogP contribution in [0.25, 0.3) is 0 Å². The van der Waals surface area contributed by atoms with Crippen molar-refractivity contribution in [3.05, 3.63) is 29.8 Å². The molecular formula is C16H24N2O2S. The quantitative estimate of drug-likeness (QED) is 0.879. The van der Waals surface area contributed by atoms with Crippen LogP contribution in [0.4, 0.5) is 4.79 Å². The van der Waals surface area contributed by atoms with Crippen molar-refractivity contribution in [2.45, 2.75) is 44.0 Å². The van der Waals surface area contributed by atoms with Crippen LogP contribution in [0.3, 0.4) is 0 Å². The number of rotatable bonds is 5. The molecule has 116 valence electrons. The predicted molar refractivity (Wildman–Crippen MR) is 85.6 cm³/mol. The Bertz CT molecular complexity index is 508. The van der Waals surface area contributed by atoms with Gasteiger partial charge < -0.3 is 10.6 Å². The highest BCUT2D eigenvalue weighted by Crippen LogP contribution is 2.36. The van der Waals surface area contributed by atoms with Crippen molar-refractivity contribution in [2.75, 3.05) is 12.8 Å². The summed E-state index contributed by atoms with van der Waals surface area (Å²) in [7, 11) is -0.959. The Morgan fingerprint density at radius 1 is 1.19 bits per heavy atom. The first kappa shape index (κ1) is 16.0. The van der Waals surface area contributed by atoms with E-state index in [0.29, 0.717) is 6.54 Å². The normalized spacial score (nSPS) is 18.2. The van der Waals surface area contributed by atoms with E-state index in [-0.39, 0.29) is 11.4 Å². The van der Waals surface area contributed by atoms with E-state index in [9.17, 15) is 9.00 Å². The number of carbonyl (C=O) groups is 1. The maximum atomic E-state index is 11.8. The van der Waals surface area contributed by atoms with Crippen molar-refractivity contribution in [2.24, 2.45) is 5.41 Å². The van der Waals surface area contributed by atoms with E-state index in [0.717, 1.165) is 17.0 Å². The van der Waals surface area contributed by atoms with E-state index in [2.05, 4.69) is 17.6 Å². The van der Waals surface area contributed by atoms with E-state index in [4.69, 9.17) is 0 Å². The minimum atomic E-state index is -0.959. The summed E-state index contributed by atoms with van der Waals surface area (Å²) in [5.41, 5.74) is 1.27. The molecule has 0 heterocycles. The molecule has 0 spiro atoms. The van der Waals surface area contributed by atoms with Crippen molar-refractivity contribution >= 4 is 16.8 Å². The fourth-order valence-corrected chi connectivity index (χ4v) is 3.26. The van der Waals surface area contributed by atoms with Crippen molar-refractivity contribution < 1.29 is 9.00 Å². The Hall–Kier alpha value is -1.36. The lowest BCUT2D eigenvalue weighted by Gasteiger charge is -2.23. The molecule has 0 radical (unpaired) electrons. The topological polar surface area (TPSA) is 58.2 Å².